The minimum atomic E-state index is -0.268. The van der Waals surface area contributed by atoms with Crippen molar-refractivity contribution in [1.29, 1.82) is 0 Å². The number of nitrogens with zero attached hydrogens (tertiary/aromatic N) is 4. The number of halogens is 1. The summed E-state index contributed by atoms with van der Waals surface area (Å²) in [6.07, 6.45) is 13.4. The Morgan fingerprint density at radius 1 is 0.921 bits per heavy atom. The Morgan fingerprint density at radius 2 is 1.84 bits per heavy atom. The number of aromatic nitrogens is 6. The van der Waals surface area contributed by atoms with Gasteiger partial charge in [-0.25, -0.2) is 14.4 Å². The molecule has 38 heavy (non-hydrogen) atoms. The van der Waals surface area contributed by atoms with Crippen molar-refractivity contribution in [1.82, 2.24) is 30.1 Å². The van der Waals surface area contributed by atoms with Gasteiger partial charge >= 0.3 is 0 Å². The molecule has 0 saturated heterocycles. The predicted octanol–water partition coefficient (Wildman–Crippen LogP) is 7.49. The van der Waals surface area contributed by atoms with Crippen molar-refractivity contribution in [3.05, 3.63) is 84.6 Å². The Bertz CT molecular complexity index is 1760. The average Bonchev–Trinajstić information content (AvgIpc) is 3.57. The normalized spacial score (nSPS) is 14.4. The molecule has 1 aliphatic rings. The van der Waals surface area contributed by atoms with Crippen LogP contribution in [0.15, 0.2) is 73.2 Å². The Labute approximate surface area is 219 Å². The number of hydrogen-bond donors (Lipinski definition) is 2. The molecule has 0 spiro atoms. The molecule has 1 saturated carbocycles. The smallest absolute Gasteiger partial charge is 0.138 e. The van der Waals surface area contributed by atoms with Gasteiger partial charge in [-0.2, -0.15) is 5.10 Å². The maximum absolute atomic E-state index is 13.9. The summed E-state index contributed by atoms with van der Waals surface area (Å²) in [5.74, 6) is 0.486. The van der Waals surface area contributed by atoms with Crippen LogP contribution in [-0.4, -0.2) is 30.1 Å². The highest BCUT2D eigenvalue weighted by atomic mass is 19.1. The van der Waals surface area contributed by atoms with Gasteiger partial charge in [0.1, 0.15) is 22.7 Å². The van der Waals surface area contributed by atoms with Crippen molar-refractivity contribution in [3.63, 3.8) is 0 Å². The van der Waals surface area contributed by atoms with Crippen molar-refractivity contribution in [2.24, 2.45) is 5.92 Å². The van der Waals surface area contributed by atoms with E-state index in [0.29, 0.717) is 5.65 Å². The molecule has 1 aromatic carbocycles. The topological polar surface area (TPSA) is 83.1 Å². The lowest BCUT2D eigenvalue weighted by Crippen LogP contribution is -2.09. The molecule has 0 amide bonds. The maximum Gasteiger partial charge on any atom is 0.138 e. The van der Waals surface area contributed by atoms with Gasteiger partial charge in [-0.15, -0.1) is 0 Å². The lowest BCUT2D eigenvalue weighted by atomic mass is 9.85. The van der Waals surface area contributed by atoms with Gasteiger partial charge in [0.05, 0.1) is 16.9 Å². The van der Waals surface area contributed by atoms with Gasteiger partial charge in [-0.3, -0.25) is 10.1 Å². The van der Waals surface area contributed by atoms with Crippen LogP contribution < -0.4 is 0 Å². The fourth-order valence-corrected chi connectivity index (χ4v) is 5.77. The number of aromatic amines is 2. The fraction of sp³-hybridized carbons (Fsp3) is 0.226. The van der Waals surface area contributed by atoms with Crippen LogP contribution in [0.25, 0.3) is 55.8 Å². The summed E-state index contributed by atoms with van der Waals surface area (Å²) in [7, 11) is 0. The number of nitrogens with one attached hydrogen (secondary N) is 2. The fourth-order valence-electron chi connectivity index (χ4n) is 5.77. The Balaban J connectivity index is 1.26. The first-order valence-electron chi connectivity index (χ1n) is 13.2. The van der Waals surface area contributed by atoms with Crippen LogP contribution in [0.4, 0.5) is 4.39 Å². The second-order valence-corrected chi connectivity index (χ2v) is 10.3. The number of fused-ring (bicyclic) bond motifs is 2. The summed E-state index contributed by atoms with van der Waals surface area (Å²) in [6, 6.07) is 16.8. The summed E-state index contributed by atoms with van der Waals surface area (Å²) in [6.45, 7) is 0. The van der Waals surface area contributed by atoms with Crippen molar-refractivity contribution in [2.45, 2.75) is 38.5 Å². The monoisotopic (exact) mass is 502 g/mol. The number of benzene rings is 1. The van der Waals surface area contributed by atoms with Crippen LogP contribution in [0.2, 0.25) is 0 Å². The molecule has 2 N–H and O–H groups in total. The van der Waals surface area contributed by atoms with E-state index in [9.17, 15) is 4.39 Å². The number of H-pyrrole nitrogens is 2. The van der Waals surface area contributed by atoms with E-state index in [1.807, 2.05) is 42.7 Å². The number of pyridine rings is 3. The molecule has 6 nitrogen and oxygen atoms in total. The molecular weight excluding hydrogens is 475 g/mol. The summed E-state index contributed by atoms with van der Waals surface area (Å²) < 4.78 is 13.9. The Kier molecular flexibility index (Phi) is 5.69. The molecular formula is C31H27FN6. The molecule has 0 aliphatic heterocycles. The molecule has 6 aromatic rings. The third-order valence-electron chi connectivity index (χ3n) is 7.67. The second-order valence-electron chi connectivity index (χ2n) is 10.3. The summed E-state index contributed by atoms with van der Waals surface area (Å²) in [4.78, 5) is 17.4. The number of hydrogen-bond acceptors (Lipinski definition) is 4. The van der Waals surface area contributed by atoms with Crippen molar-refractivity contribution in [3.8, 4) is 33.8 Å². The largest absolute Gasteiger partial charge is 0.338 e. The van der Waals surface area contributed by atoms with E-state index in [0.717, 1.165) is 62.5 Å². The molecule has 0 unspecified atom stereocenters. The average molecular weight is 503 g/mol. The second kappa shape index (κ2) is 9.49. The zero-order chi connectivity index (χ0) is 25.5. The molecule has 0 bridgehead atoms. The summed E-state index contributed by atoms with van der Waals surface area (Å²) >= 11 is 0. The molecule has 5 heterocycles. The van der Waals surface area contributed by atoms with Gasteiger partial charge in [-0.05, 0) is 71.5 Å². The maximum atomic E-state index is 13.9. The highest BCUT2D eigenvalue weighted by Gasteiger charge is 2.17. The van der Waals surface area contributed by atoms with Gasteiger partial charge < -0.3 is 4.98 Å². The van der Waals surface area contributed by atoms with Crippen LogP contribution in [0.5, 0.6) is 0 Å². The highest BCUT2D eigenvalue weighted by Crippen LogP contribution is 2.34. The summed E-state index contributed by atoms with van der Waals surface area (Å²) in [5.41, 5.74) is 8.73. The third kappa shape index (κ3) is 4.24. The van der Waals surface area contributed by atoms with Crippen molar-refractivity contribution < 1.29 is 4.39 Å². The third-order valence-corrected chi connectivity index (χ3v) is 7.67. The first kappa shape index (κ1) is 22.8. The van der Waals surface area contributed by atoms with Crippen LogP contribution in [-0.2, 0) is 6.42 Å². The van der Waals surface area contributed by atoms with E-state index >= 15 is 0 Å². The van der Waals surface area contributed by atoms with E-state index in [1.165, 1.54) is 49.8 Å². The zero-order valence-electron chi connectivity index (χ0n) is 20.9. The van der Waals surface area contributed by atoms with Crippen molar-refractivity contribution >= 4 is 22.1 Å². The first-order chi connectivity index (χ1) is 18.7. The minimum absolute atomic E-state index is 0.268. The van der Waals surface area contributed by atoms with Gasteiger partial charge in [0.2, 0.25) is 0 Å². The molecule has 1 aliphatic carbocycles. The highest BCUT2D eigenvalue weighted by molar-refractivity contribution is 5.99. The van der Waals surface area contributed by atoms with Crippen LogP contribution >= 0.6 is 0 Å². The van der Waals surface area contributed by atoms with Gasteiger partial charge in [0.15, 0.2) is 0 Å². The SMILES string of the molecule is Fc1cccc(-c2ccnc3[nH]c(-c4n[nH]c5ccc(-c6cncc(CC7CCCCC7)c6)nc45)cc23)c1. The van der Waals surface area contributed by atoms with Gasteiger partial charge in [-0.1, -0.05) is 44.2 Å². The first-order valence-corrected chi connectivity index (χ1v) is 13.2. The number of rotatable bonds is 5. The Morgan fingerprint density at radius 3 is 2.74 bits per heavy atom. The van der Waals surface area contributed by atoms with Gasteiger partial charge in [0, 0.05) is 29.5 Å². The molecule has 5 aromatic heterocycles. The standard InChI is InChI=1S/C31H27FN6/c32-23-8-4-7-21(15-23)24-11-12-34-31-25(24)16-28(36-31)30-29-27(37-38-30)10-9-26(35-29)22-14-20(17-33-18-22)13-19-5-2-1-3-6-19/h4,7-12,14-19H,1-3,5-6,13H2,(H,34,36)(H,37,38). The molecule has 188 valence electrons. The lowest BCUT2D eigenvalue weighted by molar-refractivity contribution is 0.356. The quantitative estimate of drug-likeness (QED) is 0.256. The van der Waals surface area contributed by atoms with Gasteiger partial charge in [0.25, 0.3) is 0 Å². The van der Waals surface area contributed by atoms with E-state index in [-0.39, 0.29) is 5.82 Å². The molecule has 7 rings (SSSR count). The molecule has 0 radical (unpaired) electrons. The zero-order valence-corrected chi connectivity index (χ0v) is 20.9. The van der Waals surface area contributed by atoms with E-state index in [4.69, 9.17) is 4.98 Å². The minimum Gasteiger partial charge on any atom is -0.338 e. The molecule has 7 heteroatoms. The Hall–Kier alpha value is -4.39. The van der Waals surface area contributed by atoms with Crippen molar-refractivity contribution in [2.75, 3.05) is 0 Å². The van der Waals surface area contributed by atoms with E-state index in [2.05, 4.69) is 31.2 Å². The molecule has 0 atom stereocenters. The van der Waals surface area contributed by atoms with E-state index < -0.39 is 0 Å². The molecule has 1 fully saturated rings. The summed E-state index contributed by atoms with van der Waals surface area (Å²) in [5, 5.41) is 8.60. The predicted molar refractivity (Wildman–Crippen MR) is 148 cm³/mol. The van der Waals surface area contributed by atoms with Crippen LogP contribution in [0.3, 0.4) is 0 Å². The lowest BCUT2D eigenvalue weighted by Gasteiger charge is -2.21. The van der Waals surface area contributed by atoms with E-state index in [1.54, 1.807) is 12.3 Å². The van der Waals surface area contributed by atoms with Crippen LogP contribution in [0, 0.1) is 11.7 Å². The van der Waals surface area contributed by atoms with Crippen LogP contribution in [0.1, 0.15) is 37.7 Å².